The van der Waals surface area contributed by atoms with Crippen molar-refractivity contribution in [3.63, 3.8) is 0 Å². The van der Waals surface area contributed by atoms with Gasteiger partial charge in [-0.3, -0.25) is 0 Å². The summed E-state index contributed by atoms with van der Waals surface area (Å²) in [6.45, 7) is 12.0. The Bertz CT molecular complexity index is 836. The van der Waals surface area contributed by atoms with Crippen molar-refractivity contribution in [1.29, 1.82) is 0 Å². The van der Waals surface area contributed by atoms with E-state index in [1.807, 2.05) is 18.2 Å². The number of ether oxygens (including phenoxy) is 1. The Morgan fingerprint density at radius 1 is 1.00 bits per heavy atom. The Labute approximate surface area is 182 Å². The highest BCUT2D eigenvalue weighted by Gasteiger charge is 2.07. The van der Waals surface area contributed by atoms with Crippen molar-refractivity contribution in [1.82, 2.24) is 4.90 Å². The van der Waals surface area contributed by atoms with Gasteiger partial charge in [-0.1, -0.05) is 31.9 Å². The summed E-state index contributed by atoms with van der Waals surface area (Å²) in [5.41, 5.74) is 5.28. The van der Waals surface area contributed by atoms with Crippen molar-refractivity contribution in [2.75, 3.05) is 20.6 Å². The van der Waals surface area contributed by atoms with Crippen LogP contribution in [0.5, 0.6) is 11.5 Å². The van der Waals surface area contributed by atoms with Gasteiger partial charge in [-0.25, -0.2) is 4.79 Å². The molecule has 0 aromatic heterocycles. The van der Waals surface area contributed by atoms with E-state index < -0.39 is 5.97 Å². The smallest absolute Gasteiger partial charge is 0.335 e. The molecule has 0 saturated carbocycles. The molecule has 0 saturated heterocycles. The van der Waals surface area contributed by atoms with E-state index in [4.69, 9.17) is 9.84 Å². The van der Waals surface area contributed by atoms with Gasteiger partial charge in [-0.05, 0) is 107 Å². The summed E-state index contributed by atoms with van der Waals surface area (Å²) in [6.07, 6.45) is 3.65. The number of nitrogens with zero attached hydrogens (tertiary/aromatic N) is 1. The third kappa shape index (κ3) is 8.42. The van der Waals surface area contributed by atoms with Crippen molar-refractivity contribution in [3.8, 4) is 11.5 Å². The number of aryl methyl sites for hydroxylation is 1. The molecule has 164 valence electrons. The molecule has 4 heteroatoms. The van der Waals surface area contributed by atoms with Gasteiger partial charge in [0.25, 0.3) is 0 Å². The Hall–Kier alpha value is -2.59. The normalized spacial score (nSPS) is 11.5. The number of hydrogen-bond donors (Lipinski definition) is 1. The van der Waals surface area contributed by atoms with Gasteiger partial charge in [0.15, 0.2) is 0 Å². The van der Waals surface area contributed by atoms with Crippen LogP contribution in [0.2, 0.25) is 0 Å². The zero-order valence-corrected chi connectivity index (χ0v) is 19.6. The average molecular weight is 412 g/mol. The van der Waals surface area contributed by atoms with Crippen LogP contribution in [-0.2, 0) is 0 Å². The van der Waals surface area contributed by atoms with Crippen LogP contribution in [0.3, 0.4) is 0 Å². The van der Waals surface area contributed by atoms with Crippen LogP contribution in [-0.4, -0.2) is 36.6 Å². The second-order valence-electron chi connectivity index (χ2n) is 7.82. The highest BCUT2D eigenvalue weighted by atomic mass is 16.5. The SMILES string of the molecule is CC/C(C)=C(/C)c1cc(Oc2ccc(C(=O)O)cc2)ccc1C.CCCCN(C)C. The Morgan fingerprint density at radius 2 is 1.60 bits per heavy atom. The summed E-state index contributed by atoms with van der Waals surface area (Å²) < 4.78 is 5.86. The number of benzene rings is 2. The van der Waals surface area contributed by atoms with E-state index in [0.717, 1.165) is 12.2 Å². The third-order valence-electron chi connectivity index (χ3n) is 5.08. The van der Waals surface area contributed by atoms with Crippen LogP contribution in [0.15, 0.2) is 48.0 Å². The monoisotopic (exact) mass is 411 g/mol. The first kappa shape index (κ1) is 25.4. The predicted octanol–water partition coefficient (Wildman–Crippen LogP) is 7.04. The van der Waals surface area contributed by atoms with Gasteiger partial charge in [0, 0.05) is 0 Å². The molecule has 0 aliphatic rings. The molecule has 0 aliphatic heterocycles. The number of rotatable bonds is 8. The summed E-state index contributed by atoms with van der Waals surface area (Å²) in [4.78, 5) is 13.1. The van der Waals surface area contributed by atoms with E-state index in [0.29, 0.717) is 5.75 Å². The number of hydrogen-bond acceptors (Lipinski definition) is 3. The Morgan fingerprint density at radius 3 is 2.07 bits per heavy atom. The topological polar surface area (TPSA) is 49.8 Å². The minimum atomic E-state index is -0.940. The van der Waals surface area contributed by atoms with Gasteiger partial charge in [-0.15, -0.1) is 0 Å². The highest BCUT2D eigenvalue weighted by Crippen LogP contribution is 2.29. The number of carboxylic acids is 1. The molecule has 0 fully saturated rings. The molecule has 30 heavy (non-hydrogen) atoms. The lowest BCUT2D eigenvalue weighted by atomic mass is 9.96. The maximum Gasteiger partial charge on any atom is 0.335 e. The van der Waals surface area contributed by atoms with Crippen molar-refractivity contribution in [2.45, 2.75) is 53.9 Å². The van der Waals surface area contributed by atoms with Crippen molar-refractivity contribution in [2.24, 2.45) is 0 Å². The molecule has 4 nitrogen and oxygen atoms in total. The van der Waals surface area contributed by atoms with Crippen LogP contribution in [0.1, 0.15) is 68.4 Å². The van der Waals surface area contributed by atoms with E-state index in [1.54, 1.807) is 24.3 Å². The molecule has 2 aromatic rings. The number of unbranched alkanes of at least 4 members (excludes halogenated alkanes) is 1. The molecule has 0 atom stereocenters. The summed E-state index contributed by atoms with van der Waals surface area (Å²) in [6, 6.07) is 12.4. The number of aromatic carboxylic acids is 1. The quantitative estimate of drug-likeness (QED) is 0.506. The Balaban J connectivity index is 0.000000553. The number of carboxylic acid groups (broad SMARTS) is 1. The van der Waals surface area contributed by atoms with E-state index >= 15 is 0 Å². The summed E-state index contributed by atoms with van der Waals surface area (Å²) in [5, 5.41) is 8.92. The first-order valence-electron chi connectivity index (χ1n) is 10.6. The van der Waals surface area contributed by atoms with Crippen LogP contribution in [0.25, 0.3) is 5.57 Å². The van der Waals surface area contributed by atoms with Crippen molar-refractivity contribution >= 4 is 11.5 Å². The lowest BCUT2D eigenvalue weighted by Crippen LogP contribution is -2.12. The summed E-state index contributed by atoms with van der Waals surface area (Å²) in [7, 11) is 4.21. The summed E-state index contributed by atoms with van der Waals surface area (Å²) in [5.74, 6) is 0.431. The van der Waals surface area contributed by atoms with Gasteiger partial charge in [0.2, 0.25) is 0 Å². The fourth-order valence-electron chi connectivity index (χ4n) is 2.84. The maximum absolute atomic E-state index is 10.9. The fourth-order valence-corrected chi connectivity index (χ4v) is 2.84. The second kappa shape index (κ2) is 12.9. The lowest BCUT2D eigenvalue weighted by Gasteiger charge is -2.13. The first-order valence-corrected chi connectivity index (χ1v) is 10.6. The number of allylic oxidation sites excluding steroid dienone is 2. The van der Waals surface area contributed by atoms with E-state index in [1.165, 1.54) is 41.7 Å². The van der Waals surface area contributed by atoms with Crippen LogP contribution in [0.4, 0.5) is 0 Å². The number of carbonyl (C=O) groups is 1. The molecule has 0 radical (unpaired) electrons. The molecule has 0 unspecified atom stereocenters. The molecule has 0 bridgehead atoms. The molecule has 0 heterocycles. The molecule has 2 rings (SSSR count). The maximum atomic E-state index is 10.9. The van der Waals surface area contributed by atoms with Gasteiger partial charge in [0.1, 0.15) is 11.5 Å². The molecule has 0 spiro atoms. The lowest BCUT2D eigenvalue weighted by molar-refractivity contribution is 0.0697. The Kier molecular flexibility index (Phi) is 10.9. The van der Waals surface area contributed by atoms with Gasteiger partial charge >= 0.3 is 5.97 Å². The van der Waals surface area contributed by atoms with Crippen molar-refractivity contribution in [3.05, 3.63) is 64.7 Å². The van der Waals surface area contributed by atoms with E-state index in [-0.39, 0.29) is 5.56 Å². The zero-order valence-electron chi connectivity index (χ0n) is 19.6. The molecule has 2 aromatic carbocycles. The van der Waals surface area contributed by atoms with E-state index in [2.05, 4.69) is 53.6 Å². The standard InChI is InChI=1S/C20H22O3.C6H15N/c1-5-13(2)15(4)19-12-18(9-6-14(19)3)23-17-10-7-16(8-11-17)20(21)22;1-4-5-6-7(2)3/h6-12H,5H2,1-4H3,(H,21,22);4-6H2,1-3H3/b15-13-;. The predicted molar refractivity (Wildman–Crippen MR) is 127 cm³/mol. The second-order valence-corrected chi connectivity index (χ2v) is 7.82. The molecule has 0 amide bonds. The summed E-state index contributed by atoms with van der Waals surface area (Å²) >= 11 is 0. The minimum Gasteiger partial charge on any atom is -0.478 e. The molecule has 1 N–H and O–H groups in total. The highest BCUT2D eigenvalue weighted by molar-refractivity contribution is 5.87. The third-order valence-corrected chi connectivity index (χ3v) is 5.08. The van der Waals surface area contributed by atoms with Crippen LogP contribution in [0, 0.1) is 6.92 Å². The first-order chi connectivity index (χ1) is 14.2. The van der Waals surface area contributed by atoms with Crippen LogP contribution >= 0.6 is 0 Å². The van der Waals surface area contributed by atoms with Crippen LogP contribution < -0.4 is 4.74 Å². The zero-order chi connectivity index (χ0) is 22.7. The largest absolute Gasteiger partial charge is 0.478 e. The van der Waals surface area contributed by atoms with E-state index in [9.17, 15) is 4.79 Å². The minimum absolute atomic E-state index is 0.249. The fraction of sp³-hybridized carbons (Fsp3) is 0.423. The molecular formula is C26H37NO3. The average Bonchev–Trinajstić information content (AvgIpc) is 2.73. The van der Waals surface area contributed by atoms with Gasteiger partial charge in [0.05, 0.1) is 5.56 Å². The van der Waals surface area contributed by atoms with Gasteiger partial charge in [-0.2, -0.15) is 0 Å². The molecular weight excluding hydrogens is 374 g/mol. The molecule has 0 aliphatic carbocycles. The van der Waals surface area contributed by atoms with Crippen molar-refractivity contribution < 1.29 is 14.6 Å². The van der Waals surface area contributed by atoms with Gasteiger partial charge < -0.3 is 14.7 Å².